The molecule has 0 aliphatic carbocycles. The van der Waals surface area contributed by atoms with Crippen molar-refractivity contribution in [1.29, 1.82) is 0 Å². The molecule has 4 aromatic rings. The second-order valence-electron chi connectivity index (χ2n) is 13.3. The van der Waals surface area contributed by atoms with Gasteiger partial charge in [-0.3, -0.25) is 0 Å². The summed E-state index contributed by atoms with van der Waals surface area (Å²) in [5, 5.41) is 8.92. The van der Waals surface area contributed by atoms with E-state index in [9.17, 15) is 18.4 Å². The zero-order valence-corrected chi connectivity index (χ0v) is 27.1. The molecule has 2 aliphatic heterocycles. The van der Waals surface area contributed by atoms with E-state index in [0.29, 0.717) is 39.0 Å². The third-order valence-electron chi connectivity index (χ3n) is 7.26. The van der Waals surface area contributed by atoms with Crippen LogP contribution in [0.4, 0.5) is 18.4 Å². The van der Waals surface area contributed by atoms with Gasteiger partial charge in [-0.05, 0) is 90.1 Å². The molecule has 0 spiro atoms. The van der Waals surface area contributed by atoms with Gasteiger partial charge in [-0.1, -0.05) is 0 Å². The van der Waals surface area contributed by atoms with Crippen LogP contribution >= 0.6 is 0 Å². The minimum Gasteiger partial charge on any atom is -0.444 e. The Balaban J connectivity index is 0.000000181. The largest absolute Gasteiger partial charge is 0.444 e. The summed E-state index contributed by atoms with van der Waals surface area (Å²) in [6.45, 7) is 13.2. The Morgan fingerprint density at radius 1 is 0.717 bits per heavy atom. The zero-order valence-electron chi connectivity index (χ0n) is 27.1. The first-order valence-electron chi connectivity index (χ1n) is 15.3. The molecule has 2 aromatic carbocycles. The maximum atomic E-state index is 13.1. The van der Waals surface area contributed by atoms with Crippen LogP contribution in [0.2, 0.25) is 0 Å². The Kier molecular flexibility index (Phi) is 9.18. The van der Waals surface area contributed by atoms with Crippen molar-refractivity contribution >= 4 is 12.2 Å². The van der Waals surface area contributed by atoms with Crippen LogP contribution in [0, 0.1) is 11.6 Å². The van der Waals surface area contributed by atoms with Gasteiger partial charge in [-0.2, -0.15) is 10.2 Å². The highest BCUT2D eigenvalue weighted by atomic mass is 19.1. The number of rotatable bonds is 2. The number of hydrogen-bond acceptors (Lipinski definition) is 6. The van der Waals surface area contributed by atoms with Crippen LogP contribution in [-0.2, 0) is 35.4 Å². The summed E-state index contributed by atoms with van der Waals surface area (Å²) in [7, 11) is 0. The highest BCUT2D eigenvalue weighted by molar-refractivity contribution is 5.69. The molecule has 12 heteroatoms. The summed E-state index contributed by atoms with van der Waals surface area (Å²) in [6, 6.07) is 12.4. The molecule has 0 atom stereocenters. The predicted octanol–water partition coefficient (Wildman–Crippen LogP) is 6.61. The number of hydrogen-bond donors (Lipinski definition) is 0. The molecular weight excluding hydrogens is 594 g/mol. The first kappa shape index (κ1) is 32.6. The first-order chi connectivity index (χ1) is 21.6. The van der Waals surface area contributed by atoms with Crippen LogP contribution in [0.15, 0.2) is 60.9 Å². The van der Waals surface area contributed by atoms with E-state index in [4.69, 9.17) is 9.47 Å². The molecule has 244 valence electrons. The second kappa shape index (κ2) is 12.9. The van der Waals surface area contributed by atoms with Crippen molar-refractivity contribution in [3.8, 4) is 11.4 Å². The Hall–Kier alpha value is -4.74. The maximum absolute atomic E-state index is 13.1. The molecule has 0 unspecified atom stereocenters. The third kappa shape index (κ3) is 8.09. The molecule has 2 aromatic heterocycles. The first-order valence-corrected chi connectivity index (χ1v) is 15.3. The van der Waals surface area contributed by atoms with Crippen molar-refractivity contribution in [2.24, 2.45) is 0 Å². The topological polar surface area (TPSA) is 94.7 Å². The van der Waals surface area contributed by atoms with Crippen molar-refractivity contribution in [2.45, 2.75) is 78.7 Å². The minimum absolute atomic E-state index is 0.272. The third-order valence-corrected chi connectivity index (χ3v) is 7.26. The molecule has 0 radical (unpaired) electrons. The Bertz CT molecular complexity index is 1650. The highest BCUT2D eigenvalue weighted by Crippen LogP contribution is 2.24. The van der Waals surface area contributed by atoms with Crippen molar-refractivity contribution in [3.05, 3.63) is 95.1 Å². The van der Waals surface area contributed by atoms with Crippen LogP contribution in [0.5, 0.6) is 0 Å². The van der Waals surface area contributed by atoms with Crippen LogP contribution in [0.25, 0.3) is 11.4 Å². The summed E-state index contributed by atoms with van der Waals surface area (Å²) < 4.78 is 40.4. The number of carbonyl (C=O) groups excluding carboxylic acids is 2. The number of aromatic nitrogens is 4. The molecule has 0 N–H and O–H groups in total. The smallest absolute Gasteiger partial charge is 0.410 e. The summed E-state index contributed by atoms with van der Waals surface area (Å²) in [5.41, 5.74) is 4.61. The average Bonchev–Trinajstić information content (AvgIpc) is 3.60. The highest BCUT2D eigenvalue weighted by Gasteiger charge is 2.29. The number of fused-ring (bicyclic) bond motifs is 2. The van der Waals surface area contributed by atoms with Gasteiger partial charge in [0.2, 0.25) is 0 Å². The minimum atomic E-state index is -0.504. The molecule has 4 heterocycles. The fraction of sp³-hybridized carbons (Fsp3) is 0.412. The second-order valence-corrected chi connectivity index (χ2v) is 13.3. The van der Waals surface area contributed by atoms with E-state index < -0.39 is 11.2 Å². The van der Waals surface area contributed by atoms with Gasteiger partial charge in [0.05, 0.1) is 42.0 Å². The number of amides is 2. The summed E-state index contributed by atoms with van der Waals surface area (Å²) in [6.07, 6.45) is 4.40. The molecule has 0 fully saturated rings. The molecule has 0 saturated carbocycles. The van der Waals surface area contributed by atoms with Crippen LogP contribution in [-0.4, -0.2) is 65.8 Å². The molecular formula is C34H40F2N6O4. The predicted molar refractivity (Wildman–Crippen MR) is 168 cm³/mol. The van der Waals surface area contributed by atoms with E-state index in [1.165, 1.54) is 24.3 Å². The fourth-order valence-corrected chi connectivity index (χ4v) is 5.14. The van der Waals surface area contributed by atoms with Crippen LogP contribution < -0.4 is 0 Å². The standard InChI is InChI=1S/2C17H20FN3O2/c1-17(2,3)23-16(22)20-9-8-15-12(10-20)11-21(19-15)14-6-4-13(18)5-7-14;1-17(2,3)23-16(22)20-9-8-15-12(11-20)10-19-21(15)14-6-4-13(18)5-7-14/h4-7,11H,8-10H2,1-3H3;4-7,10H,8-9,11H2,1-3H3. The van der Waals surface area contributed by atoms with Gasteiger partial charge < -0.3 is 19.3 Å². The normalized spacial score (nSPS) is 14.5. The molecule has 46 heavy (non-hydrogen) atoms. The summed E-state index contributed by atoms with van der Waals surface area (Å²) >= 11 is 0. The van der Waals surface area contributed by atoms with Crippen LogP contribution in [0.1, 0.15) is 64.1 Å². The quantitative estimate of drug-likeness (QED) is 0.246. The number of carbonyl (C=O) groups is 2. The number of benzene rings is 2. The van der Waals surface area contributed by atoms with Gasteiger partial charge in [-0.15, -0.1) is 0 Å². The zero-order chi connectivity index (χ0) is 33.2. The van der Waals surface area contributed by atoms with Crippen molar-refractivity contribution in [2.75, 3.05) is 13.1 Å². The van der Waals surface area contributed by atoms with Gasteiger partial charge in [0, 0.05) is 43.3 Å². The Morgan fingerprint density at radius 2 is 1.22 bits per heavy atom. The van der Waals surface area contributed by atoms with Gasteiger partial charge in [-0.25, -0.2) is 27.7 Å². The molecule has 0 saturated heterocycles. The van der Waals surface area contributed by atoms with Gasteiger partial charge in [0.25, 0.3) is 0 Å². The lowest BCUT2D eigenvalue weighted by Crippen LogP contribution is -2.40. The number of nitrogens with zero attached hydrogens (tertiary/aromatic N) is 6. The average molecular weight is 635 g/mol. The van der Waals surface area contributed by atoms with Gasteiger partial charge >= 0.3 is 12.2 Å². The van der Waals surface area contributed by atoms with Crippen molar-refractivity contribution in [1.82, 2.24) is 29.4 Å². The molecule has 2 aliphatic rings. The SMILES string of the molecule is CC(C)(C)OC(=O)N1CCc2c(cnn2-c2ccc(F)cc2)C1.CC(C)(C)OC(=O)N1CCc2nn(-c3ccc(F)cc3)cc2C1. The van der Waals surface area contributed by atoms with E-state index >= 15 is 0 Å². The number of halogens is 2. The number of ether oxygens (including phenoxy) is 2. The van der Waals surface area contributed by atoms with Gasteiger partial charge in [0.15, 0.2) is 0 Å². The van der Waals surface area contributed by atoms with E-state index in [0.717, 1.165) is 33.9 Å². The lowest BCUT2D eigenvalue weighted by atomic mass is 10.1. The lowest BCUT2D eigenvalue weighted by Gasteiger charge is -2.30. The maximum Gasteiger partial charge on any atom is 0.410 e. The van der Waals surface area contributed by atoms with E-state index in [1.807, 2.05) is 47.7 Å². The van der Waals surface area contributed by atoms with Gasteiger partial charge in [0.1, 0.15) is 22.8 Å². The van der Waals surface area contributed by atoms with E-state index in [2.05, 4.69) is 10.2 Å². The van der Waals surface area contributed by atoms with Crippen molar-refractivity contribution in [3.63, 3.8) is 0 Å². The summed E-state index contributed by atoms with van der Waals surface area (Å²) in [4.78, 5) is 27.7. The fourth-order valence-electron chi connectivity index (χ4n) is 5.14. The molecule has 10 nitrogen and oxygen atoms in total. The Labute approximate surface area is 267 Å². The monoisotopic (exact) mass is 634 g/mol. The molecule has 0 bridgehead atoms. The summed E-state index contributed by atoms with van der Waals surface area (Å²) in [5.74, 6) is -0.548. The molecule has 2 amide bonds. The van der Waals surface area contributed by atoms with E-state index in [1.54, 1.807) is 49.6 Å². The van der Waals surface area contributed by atoms with E-state index in [-0.39, 0.29) is 23.8 Å². The van der Waals surface area contributed by atoms with Crippen molar-refractivity contribution < 1.29 is 27.8 Å². The molecule has 6 rings (SSSR count). The lowest BCUT2D eigenvalue weighted by molar-refractivity contribution is 0.0213. The Morgan fingerprint density at radius 3 is 1.76 bits per heavy atom. The van der Waals surface area contributed by atoms with Crippen LogP contribution in [0.3, 0.4) is 0 Å².